The predicted octanol–water partition coefficient (Wildman–Crippen LogP) is 21.3. The van der Waals surface area contributed by atoms with Gasteiger partial charge in [-0.15, -0.1) is 0 Å². The molecule has 0 aromatic carbocycles. The van der Waals surface area contributed by atoms with Gasteiger partial charge in [0.05, 0.1) is 0 Å². The molecule has 424 valence electrons. The lowest BCUT2D eigenvalue weighted by atomic mass is 10.0. The van der Waals surface area contributed by atoms with Crippen molar-refractivity contribution >= 4 is 17.9 Å². The summed E-state index contributed by atoms with van der Waals surface area (Å²) in [6, 6.07) is 0. The van der Waals surface area contributed by atoms with E-state index in [-0.39, 0.29) is 31.1 Å². The van der Waals surface area contributed by atoms with Crippen LogP contribution in [0.4, 0.5) is 0 Å². The largest absolute Gasteiger partial charge is 0.462 e. The Balaban J connectivity index is 4.27. The van der Waals surface area contributed by atoms with Crippen LogP contribution in [0.3, 0.4) is 0 Å². The van der Waals surface area contributed by atoms with E-state index in [1.807, 2.05) is 0 Å². The molecule has 0 aromatic heterocycles. The highest BCUT2D eigenvalue weighted by molar-refractivity contribution is 5.71. The molecule has 0 radical (unpaired) electrons. The molecule has 0 bridgehead atoms. The van der Waals surface area contributed by atoms with E-state index in [4.69, 9.17) is 14.2 Å². The van der Waals surface area contributed by atoms with Crippen LogP contribution in [0.2, 0.25) is 0 Å². The van der Waals surface area contributed by atoms with Gasteiger partial charge in [0.15, 0.2) is 6.10 Å². The number of rotatable bonds is 56. The summed E-state index contributed by atoms with van der Waals surface area (Å²) in [6.07, 6.45) is 82.8. The molecule has 0 saturated heterocycles. The maximum absolute atomic E-state index is 12.9. The third kappa shape index (κ3) is 59.2. The van der Waals surface area contributed by atoms with E-state index < -0.39 is 6.10 Å². The SMILES string of the molecule is CC/C=C\C/C=C\C/C=C\C/C=C\C/C=C\C/C=C\C/C=C\CCCCCC(=O)OCC(COC(=O)CCCCCCCCCC)OC(=O)CCCCCCCCCCCCC/C=C\CCCCCCCCCC. The Hall–Kier alpha value is -3.67. The Kier molecular flexibility index (Phi) is 58.8. The third-order valence-corrected chi connectivity index (χ3v) is 13.3. The van der Waals surface area contributed by atoms with Gasteiger partial charge in [-0.3, -0.25) is 14.4 Å². The molecular weight excluding hydrogens is 913 g/mol. The van der Waals surface area contributed by atoms with Gasteiger partial charge in [-0.25, -0.2) is 0 Å². The number of esters is 3. The maximum atomic E-state index is 12.9. The summed E-state index contributed by atoms with van der Waals surface area (Å²) in [6.45, 7) is 6.49. The average Bonchev–Trinajstić information content (AvgIpc) is 3.40. The first-order chi connectivity index (χ1) is 36.5. The van der Waals surface area contributed by atoms with Crippen molar-refractivity contribution in [3.05, 3.63) is 97.2 Å². The summed E-state index contributed by atoms with van der Waals surface area (Å²) in [7, 11) is 0. The summed E-state index contributed by atoms with van der Waals surface area (Å²) < 4.78 is 16.8. The molecule has 0 fully saturated rings. The van der Waals surface area contributed by atoms with Crippen LogP contribution in [0.1, 0.15) is 297 Å². The van der Waals surface area contributed by atoms with Gasteiger partial charge in [0.2, 0.25) is 0 Å². The molecule has 6 nitrogen and oxygen atoms in total. The van der Waals surface area contributed by atoms with E-state index in [1.165, 1.54) is 148 Å². The molecule has 0 aliphatic carbocycles. The number of hydrogen-bond donors (Lipinski definition) is 0. The Labute approximate surface area is 457 Å². The normalized spacial score (nSPS) is 12.7. The minimum Gasteiger partial charge on any atom is -0.462 e. The van der Waals surface area contributed by atoms with Crippen molar-refractivity contribution in [2.24, 2.45) is 0 Å². The lowest BCUT2D eigenvalue weighted by Gasteiger charge is -2.18. The molecule has 6 heteroatoms. The van der Waals surface area contributed by atoms with E-state index >= 15 is 0 Å². The first-order valence-corrected chi connectivity index (χ1v) is 31.2. The zero-order valence-electron chi connectivity index (χ0n) is 48.6. The zero-order chi connectivity index (χ0) is 53.6. The second-order valence-electron chi connectivity index (χ2n) is 20.6. The van der Waals surface area contributed by atoms with Gasteiger partial charge in [0, 0.05) is 19.3 Å². The van der Waals surface area contributed by atoms with Crippen LogP contribution in [-0.2, 0) is 28.6 Å². The Morgan fingerprint density at radius 3 is 0.851 bits per heavy atom. The fourth-order valence-electron chi connectivity index (χ4n) is 8.65. The zero-order valence-corrected chi connectivity index (χ0v) is 48.6. The standard InChI is InChI=1S/C68H116O6/c1-4-7-10-13-16-19-21-23-25-27-29-31-33-34-36-37-39-41-43-45-47-49-52-55-58-61-67(70)73-64-65(63-72-66(69)60-57-54-51-18-15-12-9-6-3)74-68(71)62-59-56-53-50-48-46-44-42-40-38-35-32-30-28-26-24-22-20-17-14-11-8-5-2/h7,10,16,19,23,25,28-31,34,36,39,41,45,47,65H,4-6,8-9,11-15,17-18,20-22,24,26-27,32-33,35,37-38,40,42-44,46,48-64H2,1-3H3/b10-7-,19-16-,25-23-,30-28-,31-29-,36-34-,41-39-,47-45-. The molecule has 1 unspecified atom stereocenters. The van der Waals surface area contributed by atoms with Crippen LogP contribution in [0, 0.1) is 0 Å². The highest BCUT2D eigenvalue weighted by atomic mass is 16.6. The second-order valence-corrected chi connectivity index (χ2v) is 20.6. The smallest absolute Gasteiger partial charge is 0.306 e. The number of hydrogen-bond acceptors (Lipinski definition) is 6. The highest BCUT2D eigenvalue weighted by Gasteiger charge is 2.19. The van der Waals surface area contributed by atoms with Crippen molar-refractivity contribution in [3.63, 3.8) is 0 Å². The van der Waals surface area contributed by atoms with Gasteiger partial charge in [-0.05, 0) is 103 Å². The number of unbranched alkanes of at least 4 members (excludes halogenated alkanes) is 29. The number of allylic oxidation sites excluding steroid dienone is 16. The number of carbonyl (C=O) groups excluding carboxylic acids is 3. The monoisotopic (exact) mass is 1030 g/mol. The van der Waals surface area contributed by atoms with Gasteiger partial charge in [0.25, 0.3) is 0 Å². The van der Waals surface area contributed by atoms with E-state index in [0.29, 0.717) is 19.3 Å². The van der Waals surface area contributed by atoms with Crippen LogP contribution in [0.25, 0.3) is 0 Å². The molecule has 0 rings (SSSR count). The van der Waals surface area contributed by atoms with Gasteiger partial charge in [-0.1, -0.05) is 272 Å². The Bertz CT molecular complexity index is 1460. The van der Waals surface area contributed by atoms with E-state index in [1.54, 1.807) is 0 Å². The molecule has 0 aromatic rings. The summed E-state index contributed by atoms with van der Waals surface area (Å²) in [5, 5.41) is 0. The Morgan fingerprint density at radius 1 is 0.284 bits per heavy atom. The van der Waals surface area contributed by atoms with Crippen molar-refractivity contribution in [1.29, 1.82) is 0 Å². The molecule has 0 amide bonds. The number of carbonyl (C=O) groups is 3. The molecule has 0 N–H and O–H groups in total. The summed E-state index contributed by atoms with van der Waals surface area (Å²) in [4.78, 5) is 38.1. The van der Waals surface area contributed by atoms with E-state index in [0.717, 1.165) is 109 Å². The molecule has 74 heavy (non-hydrogen) atoms. The van der Waals surface area contributed by atoms with Crippen LogP contribution in [-0.4, -0.2) is 37.2 Å². The highest BCUT2D eigenvalue weighted by Crippen LogP contribution is 2.16. The van der Waals surface area contributed by atoms with Crippen molar-refractivity contribution < 1.29 is 28.6 Å². The van der Waals surface area contributed by atoms with Crippen LogP contribution < -0.4 is 0 Å². The fourth-order valence-corrected chi connectivity index (χ4v) is 8.65. The van der Waals surface area contributed by atoms with Crippen LogP contribution in [0.5, 0.6) is 0 Å². The lowest BCUT2D eigenvalue weighted by Crippen LogP contribution is -2.30. The van der Waals surface area contributed by atoms with Crippen molar-refractivity contribution in [1.82, 2.24) is 0 Å². The first-order valence-electron chi connectivity index (χ1n) is 31.2. The van der Waals surface area contributed by atoms with Crippen LogP contribution in [0.15, 0.2) is 97.2 Å². The molecular formula is C68H116O6. The Morgan fingerprint density at radius 2 is 0.527 bits per heavy atom. The average molecular weight is 1030 g/mol. The van der Waals surface area contributed by atoms with Crippen molar-refractivity contribution in [2.75, 3.05) is 13.2 Å². The van der Waals surface area contributed by atoms with Gasteiger partial charge in [-0.2, -0.15) is 0 Å². The molecule has 0 aliphatic heterocycles. The summed E-state index contributed by atoms with van der Waals surface area (Å²) in [5.41, 5.74) is 0. The minimum atomic E-state index is -0.790. The molecule has 0 heterocycles. The predicted molar refractivity (Wildman–Crippen MR) is 320 cm³/mol. The van der Waals surface area contributed by atoms with Gasteiger partial charge < -0.3 is 14.2 Å². The third-order valence-electron chi connectivity index (χ3n) is 13.3. The van der Waals surface area contributed by atoms with E-state index in [2.05, 4.69) is 118 Å². The molecule has 0 saturated carbocycles. The quantitative estimate of drug-likeness (QED) is 0.0261. The fraction of sp³-hybridized carbons (Fsp3) is 0.721. The summed E-state index contributed by atoms with van der Waals surface area (Å²) in [5.74, 6) is -0.920. The molecule has 0 aliphatic rings. The maximum Gasteiger partial charge on any atom is 0.306 e. The minimum absolute atomic E-state index is 0.0871. The van der Waals surface area contributed by atoms with E-state index in [9.17, 15) is 14.4 Å². The van der Waals surface area contributed by atoms with Crippen LogP contribution >= 0.6 is 0 Å². The second kappa shape index (κ2) is 61.9. The van der Waals surface area contributed by atoms with Crippen molar-refractivity contribution in [2.45, 2.75) is 303 Å². The lowest BCUT2D eigenvalue weighted by molar-refractivity contribution is -0.167. The molecule has 0 spiro atoms. The van der Waals surface area contributed by atoms with Gasteiger partial charge >= 0.3 is 17.9 Å². The summed E-state index contributed by atoms with van der Waals surface area (Å²) >= 11 is 0. The topological polar surface area (TPSA) is 78.9 Å². The number of ether oxygens (including phenoxy) is 3. The molecule has 1 atom stereocenters. The first kappa shape index (κ1) is 70.3. The van der Waals surface area contributed by atoms with Gasteiger partial charge in [0.1, 0.15) is 13.2 Å². The van der Waals surface area contributed by atoms with Crippen molar-refractivity contribution in [3.8, 4) is 0 Å².